The summed E-state index contributed by atoms with van der Waals surface area (Å²) in [7, 11) is 2.03. The smallest absolute Gasteiger partial charge is 0.352 e. The highest BCUT2D eigenvalue weighted by Gasteiger charge is 2.36. The lowest BCUT2D eigenvalue weighted by Crippen LogP contribution is -2.52. The van der Waals surface area contributed by atoms with E-state index in [4.69, 9.17) is 0 Å². The van der Waals surface area contributed by atoms with E-state index in [-0.39, 0.29) is 23.8 Å². The molecule has 2 aromatic rings. The molecule has 3 N–H and O–H groups in total. The quantitative estimate of drug-likeness (QED) is 0.758. The van der Waals surface area contributed by atoms with Gasteiger partial charge in [-0.1, -0.05) is 18.2 Å². The molecule has 0 fully saturated rings. The third-order valence-corrected chi connectivity index (χ3v) is 5.97. The van der Waals surface area contributed by atoms with Crippen LogP contribution in [-0.4, -0.2) is 70.7 Å². The highest BCUT2D eigenvalue weighted by atomic mass is 16.4. The van der Waals surface area contributed by atoms with Gasteiger partial charge in [0.15, 0.2) is 0 Å². The molecule has 7 heteroatoms. The summed E-state index contributed by atoms with van der Waals surface area (Å²) in [5.41, 5.74) is 4.22. The number of likely N-dealkylation sites (N-methyl/N-ethyl adjacent to an activating group) is 1. The number of hydrogen-bond acceptors (Lipinski definition) is 3. The lowest BCUT2D eigenvalue weighted by molar-refractivity contribution is 0.0689. The van der Waals surface area contributed by atoms with E-state index >= 15 is 0 Å². The summed E-state index contributed by atoms with van der Waals surface area (Å²) in [4.78, 5) is 31.3. The predicted octanol–water partition coefficient (Wildman–Crippen LogP) is 2.54. The second-order valence-electron chi connectivity index (χ2n) is 7.52. The number of amides is 2. The van der Waals surface area contributed by atoms with E-state index in [1.807, 2.05) is 39.1 Å². The van der Waals surface area contributed by atoms with Crippen LogP contribution in [0.3, 0.4) is 0 Å². The topological polar surface area (TPSA) is 88.7 Å². The van der Waals surface area contributed by atoms with Gasteiger partial charge < -0.3 is 20.3 Å². The molecule has 2 atom stereocenters. The van der Waals surface area contributed by atoms with Crippen molar-refractivity contribution >= 4 is 28.5 Å². The molecule has 2 heterocycles. The van der Waals surface area contributed by atoms with E-state index in [2.05, 4.69) is 21.3 Å². The Morgan fingerprint density at radius 1 is 1.32 bits per heavy atom. The van der Waals surface area contributed by atoms with Gasteiger partial charge in [-0.05, 0) is 50.1 Å². The van der Waals surface area contributed by atoms with Crippen LogP contribution < -0.4 is 5.32 Å². The molecular weight excluding hydrogens is 356 g/mol. The van der Waals surface area contributed by atoms with Crippen molar-refractivity contribution in [2.24, 2.45) is 0 Å². The van der Waals surface area contributed by atoms with E-state index in [9.17, 15) is 14.7 Å². The molecule has 28 heavy (non-hydrogen) atoms. The predicted molar refractivity (Wildman–Crippen MR) is 109 cm³/mol. The normalized spacial score (nSPS) is 21.2. The first-order valence-electron chi connectivity index (χ1n) is 9.79. The zero-order valence-corrected chi connectivity index (χ0v) is 16.5. The maximum Gasteiger partial charge on any atom is 0.352 e. The van der Waals surface area contributed by atoms with Crippen LogP contribution >= 0.6 is 0 Å². The maximum absolute atomic E-state index is 12.5. The average Bonchev–Trinajstić information content (AvgIpc) is 3.04. The molecule has 1 unspecified atom stereocenters. The molecule has 148 valence electrons. The van der Waals surface area contributed by atoms with Gasteiger partial charge >= 0.3 is 12.0 Å². The molecule has 2 amide bonds. The zero-order valence-electron chi connectivity index (χ0n) is 16.5. The fourth-order valence-electron chi connectivity index (χ4n) is 4.58. The van der Waals surface area contributed by atoms with E-state index in [0.717, 1.165) is 27.6 Å². The van der Waals surface area contributed by atoms with Crippen molar-refractivity contribution in [3.05, 3.63) is 41.1 Å². The lowest BCUT2D eigenvalue weighted by atomic mass is 9.80. The monoisotopic (exact) mass is 382 g/mol. The Hall–Kier alpha value is -2.80. The van der Waals surface area contributed by atoms with Crippen LogP contribution in [0.15, 0.2) is 24.3 Å². The molecule has 1 aromatic carbocycles. The van der Waals surface area contributed by atoms with Crippen molar-refractivity contribution in [2.45, 2.75) is 32.4 Å². The van der Waals surface area contributed by atoms with Gasteiger partial charge in [0, 0.05) is 36.6 Å². The minimum atomic E-state index is -0.924. The van der Waals surface area contributed by atoms with E-state index in [1.165, 1.54) is 0 Å². The first-order valence-corrected chi connectivity index (χ1v) is 9.79. The van der Waals surface area contributed by atoms with Crippen molar-refractivity contribution in [1.29, 1.82) is 0 Å². The Kier molecular flexibility index (Phi) is 4.63. The van der Waals surface area contributed by atoms with E-state index in [0.29, 0.717) is 26.1 Å². The number of carboxylic acids is 1. The van der Waals surface area contributed by atoms with Crippen molar-refractivity contribution in [3.63, 3.8) is 0 Å². The van der Waals surface area contributed by atoms with Gasteiger partial charge in [0.05, 0.1) is 6.04 Å². The molecule has 1 aliphatic heterocycles. The van der Waals surface area contributed by atoms with Crippen LogP contribution in [0.4, 0.5) is 4.79 Å². The van der Waals surface area contributed by atoms with Crippen LogP contribution in [0.2, 0.25) is 0 Å². The molecule has 0 radical (unpaired) electrons. The third kappa shape index (κ3) is 2.86. The Bertz CT molecular complexity index is 973. The number of aromatic nitrogens is 1. The first-order chi connectivity index (χ1) is 13.4. The number of carbonyl (C=O) groups is 2. The van der Waals surface area contributed by atoms with Gasteiger partial charge in [-0.25, -0.2) is 9.59 Å². The summed E-state index contributed by atoms with van der Waals surface area (Å²) in [6.45, 7) is 5.99. The highest BCUT2D eigenvalue weighted by Crippen LogP contribution is 2.41. The molecule has 0 bridgehead atoms. The number of carbonyl (C=O) groups excluding carboxylic acids is 1. The van der Waals surface area contributed by atoms with E-state index < -0.39 is 5.97 Å². The highest BCUT2D eigenvalue weighted by molar-refractivity contribution is 6.04. The van der Waals surface area contributed by atoms with Gasteiger partial charge in [0.1, 0.15) is 5.69 Å². The number of benzene rings is 1. The van der Waals surface area contributed by atoms with Crippen LogP contribution in [0.1, 0.15) is 35.5 Å². The van der Waals surface area contributed by atoms with Crippen LogP contribution in [0.5, 0.6) is 0 Å². The Morgan fingerprint density at radius 3 is 2.75 bits per heavy atom. The average molecular weight is 382 g/mol. The summed E-state index contributed by atoms with van der Waals surface area (Å²) in [5, 5.41) is 13.7. The minimum Gasteiger partial charge on any atom is -0.477 e. The molecular formula is C21H26N4O3. The zero-order chi connectivity index (χ0) is 20.0. The second kappa shape index (κ2) is 6.98. The molecule has 1 aromatic heterocycles. The SMILES string of the molecule is CCN(CC)C(=O)NC1C=C2c3cccc4[nH]c(C(=O)O)c(c34)C[C@H]2N(C)C1. The van der Waals surface area contributed by atoms with Crippen molar-refractivity contribution in [2.75, 3.05) is 26.7 Å². The van der Waals surface area contributed by atoms with Crippen molar-refractivity contribution in [1.82, 2.24) is 20.1 Å². The number of hydrogen-bond donors (Lipinski definition) is 3. The van der Waals surface area contributed by atoms with Crippen molar-refractivity contribution < 1.29 is 14.7 Å². The number of carboxylic acid groups (broad SMARTS) is 1. The third-order valence-electron chi connectivity index (χ3n) is 5.97. The second-order valence-corrected chi connectivity index (χ2v) is 7.52. The summed E-state index contributed by atoms with van der Waals surface area (Å²) in [6, 6.07) is 5.88. The summed E-state index contributed by atoms with van der Waals surface area (Å²) >= 11 is 0. The van der Waals surface area contributed by atoms with Gasteiger partial charge in [-0.2, -0.15) is 0 Å². The number of fused-ring (bicyclic) bond motifs is 2. The van der Waals surface area contributed by atoms with Crippen LogP contribution in [-0.2, 0) is 6.42 Å². The number of nitrogens with one attached hydrogen (secondary N) is 2. The summed E-state index contributed by atoms with van der Waals surface area (Å²) in [5.74, 6) is -0.924. The standard InChI is InChI=1S/C21H26N4O3/c1-4-25(5-2)21(28)22-12-9-14-13-7-6-8-16-18(13)15(19(23-16)20(26)27)10-17(14)24(3)11-12/h6-9,12,17,23H,4-5,10-11H2,1-3H3,(H,22,28)(H,26,27)/t12?,17-/m1/s1. The first kappa shape index (κ1) is 18.6. The lowest BCUT2D eigenvalue weighted by Gasteiger charge is -2.40. The summed E-state index contributed by atoms with van der Waals surface area (Å²) < 4.78 is 0. The molecule has 1 aliphatic carbocycles. The molecule has 7 nitrogen and oxygen atoms in total. The molecule has 0 saturated carbocycles. The largest absolute Gasteiger partial charge is 0.477 e. The number of urea groups is 1. The molecule has 2 aliphatic rings. The number of aromatic carboxylic acids is 1. The van der Waals surface area contributed by atoms with Crippen LogP contribution in [0.25, 0.3) is 16.5 Å². The Balaban J connectivity index is 1.75. The molecule has 0 saturated heterocycles. The Morgan fingerprint density at radius 2 is 2.07 bits per heavy atom. The van der Waals surface area contributed by atoms with Gasteiger partial charge in [-0.3, -0.25) is 4.90 Å². The fraction of sp³-hybridized carbons (Fsp3) is 0.429. The Labute approximate surface area is 164 Å². The van der Waals surface area contributed by atoms with E-state index in [1.54, 1.807) is 4.90 Å². The number of aromatic amines is 1. The van der Waals surface area contributed by atoms with Crippen LogP contribution in [0, 0.1) is 0 Å². The molecule has 4 rings (SSSR count). The molecule has 0 spiro atoms. The van der Waals surface area contributed by atoms with Crippen molar-refractivity contribution in [3.8, 4) is 0 Å². The van der Waals surface area contributed by atoms with Gasteiger partial charge in [0.2, 0.25) is 0 Å². The maximum atomic E-state index is 12.5. The summed E-state index contributed by atoms with van der Waals surface area (Å²) in [6.07, 6.45) is 2.80. The fourth-order valence-corrected chi connectivity index (χ4v) is 4.58. The number of nitrogens with zero attached hydrogens (tertiary/aromatic N) is 2. The van der Waals surface area contributed by atoms with Gasteiger partial charge in [0.25, 0.3) is 0 Å². The number of H-pyrrole nitrogens is 1. The number of rotatable bonds is 4. The minimum absolute atomic E-state index is 0.0526. The van der Waals surface area contributed by atoms with Gasteiger partial charge in [-0.15, -0.1) is 0 Å².